The zero-order chi connectivity index (χ0) is 9.03. The second kappa shape index (κ2) is 4.08. The predicted octanol–water partition coefficient (Wildman–Crippen LogP) is 2.58. The highest BCUT2D eigenvalue weighted by Crippen LogP contribution is 2.22. The van der Waals surface area contributed by atoms with Crippen molar-refractivity contribution in [3.8, 4) is 0 Å². The van der Waals surface area contributed by atoms with Gasteiger partial charge in [-0.15, -0.1) is 0 Å². The van der Waals surface area contributed by atoms with E-state index in [0.29, 0.717) is 0 Å². The van der Waals surface area contributed by atoms with Crippen LogP contribution in [0.25, 0.3) is 0 Å². The van der Waals surface area contributed by atoms with Gasteiger partial charge in [0.1, 0.15) is 0 Å². The van der Waals surface area contributed by atoms with Crippen molar-refractivity contribution in [1.82, 2.24) is 0 Å². The molecule has 0 aromatic carbocycles. The first-order valence-corrected chi connectivity index (χ1v) is 5.18. The molecule has 0 aromatic heterocycles. The first-order valence-electron chi connectivity index (χ1n) is 5.18. The lowest BCUT2D eigenvalue weighted by molar-refractivity contribution is -0.946. The van der Waals surface area contributed by atoms with E-state index in [4.69, 9.17) is 0 Å². The Labute approximate surface area is 76.7 Å². The first-order chi connectivity index (χ1) is 5.71. The summed E-state index contributed by atoms with van der Waals surface area (Å²) < 4.78 is 1.28. The molecule has 1 aliphatic rings. The average molecular weight is 168 g/mol. The van der Waals surface area contributed by atoms with Crippen molar-refractivity contribution in [3.63, 3.8) is 0 Å². The van der Waals surface area contributed by atoms with Crippen molar-refractivity contribution in [2.45, 2.75) is 39.2 Å². The van der Waals surface area contributed by atoms with Gasteiger partial charge in [0.05, 0.1) is 25.7 Å². The van der Waals surface area contributed by atoms with E-state index in [9.17, 15) is 0 Å². The summed E-state index contributed by atoms with van der Waals surface area (Å²) in [6.45, 7) is 12.4. The molecule has 1 fully saturated rings. The van der Waals surface area contributed by atoms with Crippen LogP contribution in [0.2, 0.25) is 0 Å². The van der Waals surface area contributed by atoms with Crippen LogP contribution in [-0.2, 0) is 0 Å². The molecule has 0 bridgehead atoms. The molecule has 0 unspecified atom stereocenters. The van der Waals surface area contributed by atoms with Gasteiger partial charge < -0.3 is 4.48 Å². The summed E-state index contributed by atoms with van der Waals surface area (Å²) in [5, 5.41) is 0. The molecular weight excluding hydrogens is 146 g/mol. The maximum atomic E-state index is 3.87. The molecule has 0 aromatic rings. The molecule has 1 heterocycles. The summed E-state index contributed by atoms with van der Waals surface area (Å²) in [6, 6.07) is 0.767. The van der Waals surface area contributed by atoms with Gasteiger partial charge in [-0.25, -0.2) is 0 Å². The van der Waals surface area contributed by atoms with Gasteiger partial charge in [-0.05, 0) is 39.2 Å². The molecule has 0 atom stereocenters. The number of quaternary nitrogens is 1. The summed E-state index contributed by atoms with van der Waals surface area (Å²) >= 11 is 0. The fourth-order valence-electron chi connectivity index (χ4n) is 2.31. The van der Waals surface area contributed by atoms with E-state index in [0.717, 1.165) is 12.6 Å². The molecule has 12 heavy (non-hydrogen) atoms. The van der Waals surface area contributed by atoms with Gasteiger partial charge >= 0.3 is 0 Å². The lowest BCUT2D eigenvalue weighted by Crippen LogP contribution is -2.56. The third-order valence-electron chi connectivity index (χ3n) is 3.30. The van der Waals surface area contributed by atoms with Gasteiger partial charge in [0.2, 0.25) is 0 Å². The summed E-state index contributed by atoms with van der Waals surface area (Å²) in [6.07, 6.45) is 6.34. The molecule has 1 heteroatoms. The van der Waals surface area contributed by atoms with Gasteiger partial charge in [0, 0.05) is 0 Å². The number of rotatable bonds is 3. The van der Waals surface area contributed by atoms with Gasteiger partial charge in [-0.2, -0.15) is 0 Å². The molecule has 0 amide bonds. The van der Waals surface area contributed by atoms with Crippen LogP contribution in [0, 0.1) is 0 Å². The highest BCUT2D eigenvalue weighted by Gasteiger charge is 2.31. The van der Waals surface area contributed by atoms with E-state index >= 15 is 0 Å². The highest BCUT2D eigenvalue weighted by molar-refractivity contribution is 4.69. The van der Waals surface area contributed by atoms with Crippen LogP contribution in [-0.4, -0.2) is 30.2 Å². The van der Waals surface area contributed by atoms with Crippen LogP contribution < -0.4 is 0 Å². The van der Waals surface area contributed by atoms with E-state index in [-0.39, 0.29) is 0 Å². The Kier molecular flexibility index (Phi) is 3.33. The Bertz CT molecular complexity index is 143. The maximum Gasteiger partial charge on any atom is 0.0973 e. The van der Waals surface area contributed by atoms with Crippen LogP contribution >= 0.6 is 0 Å². The lowest BCUT2D eigenvalue weighted by Gasteiger charge is -2.44. The van der Waals surface area contributed by atoms with E-state index in [1.165, 1.54) is 36.8 Å². The fraction of sp³-hybridized carbons (Fsp3) is 0.818. The smallest absolute Gasteiger partial charge is 0.0973 e. The number of hydrogen-bond acceptors (Lipinski definition) is 0. The van der Waals surface area contributed by atoms with Crippen LogP contribution in [0.5, 0.6) is 0 Å². The largest absolute Gasteiger partial charge is 0.318 e. The van der Waals surface area contributed by atoms with E-state index < -0.39 is 0 Å². The lowest BCUT2D eigenvalue weighted by atomic mass is 10.0. The Morgan fingerprint density at radius 2 is 1.83 bits per heavy atom. The van der Waals surface area contributed by atoms with Crippen molar-refractivity contribution in [3.05, 3.63) is 12.7 Å². The molecule has 1 nitrogen and oxygen atoms in total. The summed E-state index contributed by atoms with van der Waals surface area (Å²) in [4.78, 5) is 0. The van der Waals surface area contributed by atoms with Crippen molar-refractivity contribution in [1.29, 1.82) is 0 Å². The third kappa shape index (κ3) is 1.89. The monoisotopic (exact) mass is 168 g/mol. The number of nitrogens with zero attached hydrogens (tertiary/aromatic N) is 1. The summed E-state index contributed by atoms with van der Waals surface area (Å²) in [7, 11) is 0. The summed E-state index contributed by atoms with van der Waals surface area (Å²) in [5.74, 6) is 0. The van der Waals surface area contributed by atoms with Crippen molar-refractivity contribution in [2.24, 2.45) is 0 Å². The first kappa shape index (κ1) is 9.79. The predicted molar refractivity (Wildman–Crippen MR) is 54.0 cm³/mol. The zero-order valence-electron chi connectivity index (χ0n) is 8.55. The highest BCUT2D eigenvalue weighted by atomic mass is 15.4. The Morgan fingerprint density at radius 3 is 2.25 bits per heavy atom. The molecular formula is C11H22N+. The van der Waals surface area contributed by atoms with Crippen molar-refractivity contribution >= 4 is 0 Å². The van der Waals surface area contributed by atoms with E-state index in [1.807, 2.05) is 0 Å². The van der Waals surface area contributed by atoms with Gasteiger partial charge in [0.25, 0.3) is 0 Å². The van der Waals surface area contributed by atoms with Crippen LogP contribution in [0.4, 0.5) is 0 Å². The number of hydrogen-bond donors (Lipinski definition) is 0. The maximum absolute atomic E-state index is 3.87. The van der Waals surface area contributed by atoms with E-state index in [1.54, 1.807) is 0 Å². The fourth-order valence-corrected chi connectivity index (χ4v) is 2.31. The van der Waals surface area contributed by atoms with E-state index in [2.05, 4.69) is 26.5 Å². The standard InChI is InChI=1S/C11H22N/c1-4-8-12(11(2)3)9-6-5-7-10-12/h4,11H,1,5-10H2,2-3H3/q+1. The number of likely N-dealkylation sites (tertiary alicyclic amines) is 1. The van der Waals surface area contributed by atoms with Crippen molar-refractivity contribution in [2.75, 3.05) is 19.6 Å². The van der Waals surface area contributed by atoms with Crippen LogP contribution in [0.1, 0.15) is 33.1 Å². The third-order valence-corrected chi connectivity index (χ3v) is 3.30. The average Bonchev–Trinajstić information content (AvgIpc) is 2.06. The Hall–Kier alpha value is -0.300. The molecule has 0 aliphatic carbocycles. The second-order valence-electron chi connectivity index (χ2n) is 4.29. The molecule has 1 saturated heterocycles. The van der Waals surface area contributed by atoms with Crippen LogP contribution in [0.15, 0.2) is 12.7 Å². The topological polar surface area (TPSA) is 0 Å². The molecule has 1 aliphatic heterocycles. The molecule has 0 spiro atoms. The minimum Gasteiger partial charge on any atom is -0.318 e. The SMILES string of the molecule is C=CC[N+]1(C(C)C)CCCCC1. The van der Waals surface area contributed by atoms with Gasteiger partial charge in [-0.1, -0.05) is 6.58 Å². The van der Waals surface area contributed by atoms with Crippen molar-refractivity contribution < 1.29 is 4.48 Å². The zero-order valence-corrected chi connectivity index (χ0v) is 8.55. The number of piperidine rings is 1. The second-order valence-corrected chi connectivity index (χ2v) is 4.29. The van der Waals surface area contributed by atoms with Gasteiger partial charge in [0.15, 0.2) is 0 Å². The molecule has 0 radical (unpaired) electrons. The molecule has 1 rings (SSSR count). The Morgan fingerprint density at radius 1 is 1.25 bits per heavy atom. The molecule has 0 saturated carbocycles. The minimum absolute atomic E-state index is 0.767. The van der Waals surface area contributed by atoms with Crippen LogP contribution in [0.3, 0.4) is 0 Å². The quantitative estimate of drug-likeness (QED) is 0.449. The normalized spacial score (nSPS) is 22.6. The molecule has 70 valence electrons. The Balaban J connectivity index is 2.62. The molecule has 0 N–H and O–H groups in total. The summed E-state index contributed by atoms with van der Waals surface area (Å²) in [5.41, 5.74) is 0. The minimum atomic E-state index is 0.767. The van der Waals surface area contributed by atoms with Gasteiger partial charge in [-0.3, -0.25) is 0 Å².